The monoisotopic (exact) mass is 261 g/mol. The molecule has 0 rings (SSSR count). The lowest BCUT2D eigenvalue weighted by molar-refractivity contribution is -0.145. The zero-order valence-electron chi connectivity index (χ0n) is 11.6. The molecule has 0 fully saturated rings. The van der Waals surface area contributed by atoms with Crippen LogP contribution in [0.1, 0.15) is 41.0 Å². The van der Waals surface area contributed by atoms with Gasteiger partial charge in [-0.1, -0.05) is 0 Å². The van der Waals surface area contributed by atoms with Crippen LogP contribution < -0.4 is 5.32 Å². The molecule has 106 valence electrons. The summed E-state index contributed by atoms with van der Waals surface area (Å²) in [6.45, 7) is 8.77. The van der Waals surface area contributed by atoms with Gasteiger partial charge in [0.25, 0.3) is 0 Å². The summed E-state index contributed by atoms with van der Waals surface area (Å²) in [4.78, 5) is 22.6. The zero-order valence-corrected chi connectivity index (χ0v) is 11.6. The SMILES string of the molecule is CCOC(=O)CC(O)[C@@H](C)NC(=O)OC(C)(C)C. The normalized spacial score (nSPS) is 14.6. The van der Waals surface area contributed by atoms with Gasteiger partial charge in [-0.05, 0) is 34.6 Å². The van der Waals surface area contributed by atoms with Crippen molar-refractivity contribution in [2.75, 3.05) is 6.61 Å². The third kappa shape index (κ3) is 7.89. The van der Waals surface area contributed by atoms with E-state index in [-0.39, 0.29) is 13.0 Å². The van der Waals surface area contributed by atoms with E-state index in [2.05, 4.69) is 5.32 Å². The lowest BCUT2D eigenvalue weighted by atomic mass is 10.1. The van der Waals surface area contributed by atoms with Crippen LogP contribution in [-0.2, 0) is 14.3 Å². The first kappa shape index (κ1) is 16.7. The number of aliphatic hydroxyl groups excluding tert-OH is 1. The van der Waals surface area contributed by atoms with Crippen LogP contribution in [0.5, 0.6) is 0 Å². The topological polar surface area (TPSA) is 84.9 Å². The summed E-state index contributed by atoms with van der Waals surface area (Å²) in [6.07, 6.45) is -1.79. The molecule has 1 amide bonds. The second kappa shape index (κ2) is 7.20. The lowest BCUT2D eigenvalue weighted by Crippen LogP contribution is -2.44. The highest BCUT2D eigenvalue weighted by atomic mass is 16.6. The van der Waals surface area contributed by atoms with Gasteiger partial charge < -0.3 is 19.9 Å². The Morgan fingerprint density at radius 3 is 2.33 bits per heavy atom. The fourth-order valence-corrected chi connectivity index (χ4v) is 1.16. The van der Waals surface area contributed by atoms with Crippen molar-refractivity contribution in [3.05, 3.63) is 0 Å². The maximum Gasteiger partial charge on any atom is 0.407 e. The number of hydrogen-bond donors (Lipinski definition) is 2. The predicted molar refractivity (Wildman–Crippen MR) is 66.1 cm³/mol. The highest BCUT2D eigenvalue weighted by Gasteiger charge is 2.23. The van der Waals surface area contributed by atoms with Gasteiger partial charge in [-0.3, -0.25) is 4.79 Å². The molecule has 0 spiro atoms. The van der Waals surface area contributed by atoms with Crippen LogP contribution in [0.4, 0.5) is 4.79 Å². The number of nitrogens with one attached hydrogen (secondary N) is 1. The van der Waals surface area contributed by atoms with E-state index in [4.69, 9.17) is 9.47 Å². The van der Waals surface area contributed by atoms with Gasteiger partial charge in [0, 0.05) is 0 Å². The van der Waals surface area contributed by atoms with Gasteiger partial charge in [0.05, 0.1) is 25.2 Å². The average Bonchev–Trinajstić information content (AvgIpc) is 2.14. The lowest BCUT2D eigenvalue weighted by Gasteiger charge is -2.24. The highest BCUT2D eigenvalue weighted by Crippen LogP contribution is 2.08. The first-order valence-corrected chi connectivity index (χ1v) is 5.99. The molecule has 0 aliphatic rings. The number of alkyl carbamates (subject to hydrolysis) is 1. The van der Waals surface area contributed by atoms with E-state index in [1.807, 2.05) is 0 Å². The number of carbonyl (C=O) groups excluding carboxylic acids is 2. The molecule has 2 atom stereocenters. The van der Waals surface area contributed by atoms with Crippen LogP contribution in [0.15, 0.2) is 0 Å². The summed E-state index contributed by atoms with van der Waals surface area (Å²) in [5.41, 5.74) is -0.601. The molecule has 0 aliphatic heterocycles. The fourth-order valence-electron chi connectivity index (χ4n) is 1.16. The van der Waals surface area contributed by atoms with Gasteiger partial charge in [0.15, 0.2) is 0 Å². The van der Waals surface area contributed by atoms with E-state index in [1.54, 1.807) is 34.6 Å². The van der Waals surface area contributed by atoms with Gasteiger partial charge in [-0.2, -0.15) is 0 Å². The molecule has 6 nitrogen and oxygen atoms in total. The maximum atomic E-state index is 11.4. The fraction of sp³-hybridized carbons (Fsp3) is 0.833. The number of esters is 1. The molecule has 6 heteroatoms. The summed E-state index contributed by atoms with van der Waals surface area (Å²) >= 11 is 0. The molecule has 0 saturated heterocycles. The largest absolute Gasteiger partial charge is 0.466 e. The Kier molecular flexibility index (Phi) is 6.68. The van der Waals surface area contributed by atoms with Gasteiger partial charge >= 0.3 is 12.1 Å². The Morgan fingerprint density at radius 1 is 1.33 bits per heavy atom. The highest BCUT2D eigenvalue weighted by molar-refractivity contribution is 5.71. The molecule has 0 aromatic rings. The van der Waals surface area contributed by atoms with E-state index in [0.717, 1.165) is 0 Å². The quantitative estimate of drug-likeness (QED) is 0.727. The Labute approximate surface area is 108 Å². The van der Waals surface area contributed by atoms with Crippen LogP contribution in [0.2, 0.25) is 0 Å². The third-order valence-corrected chi connectivity index (χ3v) is 2.00. The molecule has 0 aliphatic carbocycles. The Bertz CT molecular complexity index is 285. The molecule has 2 N–H and O–H groups in total. The van der Waals surface area contributed by atoms with E-state index in [9.17, 15) is 14.7 Å². The van der Waals surface area contributed by atoms with Crippen LogP contribution >= 0.6 is 0 Å². The molecular weight excluding hydrogens is 238 g/mol. The van der Waals surface area contributed by atoms with E-state index in [0.29, 0.717) is 0 Å². The van der Waals surface area contributed by atoms with Crippen LogP contribution in [0.3, 0.4) is 0 Å². The van der Waals surface area contributed by atoms with E-state index in [1.165, 1.54) is 0 Å². The zero-order chi connectivity index (χ0) is 14.3. The predicted octanol–water partition coefficient (Wildman–Crippen LogP) is 1.21. The van der Waals surface area contributed by atoms with Gasteiger partial charge in [-0.15, -0.1) is 0 Å². The number of hydrogen-bond acceptors (Lipinski definition) is 5. The summed E-state index contributed by atoms with van der Waals surface area (Å²) in [5, 5.41) is 12.2. The molecular formula is C12H23NO5. The average molecular weight is 261 g/mol. The van der Waals surface area contributed by atoms with Crippen molar-refractivity contribution in [2.24, 2.45) is 0 Å². The first-order chi connectivity index (χ1) is 8.15. The minimum atomic E-state index is -1.00. The molecule has 0 aromatic carbocycles. The van der Waals surface area contributed by atoms with Crippen molar-refractivity contribution in [1.82, 2.24) is 5.32 Å². The molecule has 1 unspecified atom stereocenters. The van der Waals surface area contributed by atoms with Crippen LogP contribution in [0.25, 0.3) is 0 Å². The second-order valence-electron chi connectivity index (χ2n) is 5.01. The summed E-state index contributed by atoms with van der Waals surface area (Å²) in [7, 11) is 0. The number of carbonyl (C=O) groups is 2. The van der Waals surface area contributed by atoms with Crippen LogP contribution in [-0.4, -0.2) is 41.5 Å². The number of aliphatic hydroxyl groups is 1. The molecule has 0 aromatic heterocycles. The van der Waals surface area contributed by atoms with Gasteiger partial charge in [-0.25, -0.2) is 4.79 Å². The third-order valence-electron chi connectivity index (χ3n) is 2.00. The summed E-state index contributed by atoms with van der Waals surface area (Å²) < 4.78 is 9.74. The minimum Gasteiger partial charge on any atom is -0.466 e. The molecule has 0 saturated carbocycles. The van der Waals surface area contributed by atoms with Crippen molar-refractivity contribution < 1.29 is 24.2 Å². The Balaban J connectivity index is 4.11. The van der Waals surface area contributed by atoms with E-state index >= 15 is 0 Å². The van der Waals surface area contributed by atoms with Crippen molar-refractivity contribution in [3.63, 3.8) is 0 Å². The number of ether oxygens (including phenoxy) is 2. The summed E-state index contributed by atoms with van der Waals surface area (Å²) in [5.74, 6) is -0.497. The standard InChI is InChI=1S/C12H23NO5/c1-6-17-10(15)7-9(14)8(2)13-11(16)18-12(3,4)5/h8-9,14H,6-7H2,1-5H3,(H,13,16)/t8-,9?/m1/s1. The van der Waals surface area contributed by atoms with Gasteiger partial charge in [0.2, 0.25) is 0 Å². The van der Waals surface area contributed by atoms with Crippen molar-refractivity contribution in [2.45, 2.75) is 58.8 Å². The first-order valence-electron chi connectivity index (χ1n) is 5.99. The van der Waals surface area contributed by atoms with Crippen molar-refractivity contribution in [1.29, 1.82) is 0 Å². The molecule has 0 heterocycles. The Morgan fingerprint density at radius 2 is 1.89 bits per heavy atom. The summed E-state index contributed by atoms with van der Waals surface area (Å²) in [6, 6.07) is -0.593. The molecule has 18 heavy (non-hydrogen) atoms. The van der Waals surface area contributed by atoms with Crippen LogP contribution in [0, 0.1) is 0 Å². The number of amides is 1. The van der Waals surface area contributed by atoms with E-state index < -0.39 is 29.8 Å². The minimum absolute atomic E-state index is 0.162. The smallest absolute Gasteiger partial charge is 0.407 e. The van der Waals surface area contributed by atoms with Crippen molar-refractivity contribution >= 4 is 12.1 Å². The number of rotatable bonds is 5. The Hall–Kier alpha value is -1.30. The molecule has 0 radical (unpaired) electrons. The molecule has 0 bridgehead atoms. The second-order valence-corrected chi connectivity index (χ2v) is 5.01. The van der Waals surface area contributed by atoms with Crippen molar-refractivity contribution in [3.8, 4) is 0 Å². The van der Waals surface area contributed by atoms with Gasteiger partial charge in [0.1, 0.15) is 5.60 Å². The maximum absolute atomic E-state index is 11.4.